The highest BCUT2D eigenvalue weighted by Gasteiger charge is 2.23. The van der Waals surface area contributed by atoms with E-state index in [1.807, 2.05) is 0 Å². The third kappa shape index (κ3) is 7.47. The number of hydrogen-bond donors (Lipinski definition) is 6. The Kier molecular flexibility index (Phi) is 9.95. The highest BCUT2D eigenvalue weighted by Crippen LogP contribution is 2.33. The Morgan fingerprint density at radius 3 is 2.42 bits per heavy atom. The number of amides is 3. The van der Waals surface area contributed by atoms with Crippen LogP contribution in [0.4, 0.5) is 22.7 Å². The van der Waals surface area contributed by atoms with Gasteiger partial charge in [0.15, 0.2) is 5.69 Å². The van der Waals surface area contributed by atoms with Gasteiger partial charge < -0.3 is 35.7 Å². The summed E-state index contributed by atoms with van der Waals surface area (Å²) in [6.07, 6.45) is 0. The molecule has 0 aliphatic carbocycles. The van der Waals surface area contributed by atoms with E-state index >= 15 is 0 Å². The highest BCUT2D eigenvalue weighted by molar-refractivity contribution is 6.33. The first-order valence-corrected chi connectivity index (χ1v) is 13.3. The third-order valence-corrected chi connectivity index (χ3v) is 6.54. The van der Waals surface area contributed by atoms with E-state index in [0.717, 1.165) is 0 Å². The Morgan fingerprint density at radius 1 is 1.02 bits per heavy atom. The van der Waals surface area contributed by atoms with E-state index in [-0.39, 0.29) is 46.5 Å². The summed E-state index contributed by atoms with van der Waals surface area (Å²) in [6, 6.07) is 15.9. The van der Waals surface area contributed by atoms with Crippen LogP contribution in [0.5, 0.6) is 5.75 Å². The van der Waals surface area contributed by atoms with Crippen molar-refractivity contribution in [2.75, 3.05) is 36.1 Å². The second kappa shape index (κ2) is 13.8. The topological polar surface area (TPSA) is 182 Å². The monoisotopic (exact) mass is 608 g/mol. The Labute approximate surface area is 251 Å². The summed E-state index contributed by atoms with van der Waals surface area (Å²) in [7, 11) is 1.52. The number of quaternary nitrogens is 1. The van der Waals surface area contributed by atoms with Crippen molar-refractivity contribution in [3.63, 3.8) is 0 Å². The molecule has 13 nitrogen and oxygen atoms in total. The number of methoxy groups -OCH3 is 1. The van der Waals surface area contributed by atoms with Crippen molar-refractivity contribution in [1.29, 1.82) is 0 Å². The zero-order chi connectivity index (χ0) is 31.1. The molecule has 0 radical (unpaired) electrons. The van der Waals surface area contributed by atoms with Crippen molar-refractivity contribution in [3.8, 4) is 17.0 Å². The number of hydrogen-bond acceptors (Lipinski definition) is 9. The average Bonchev–Trinajstić information content (AvgIpc) is 3.37. The van der Waals surface area contributed by atoms with Gasteiger partial charge >= 0.3 is 0 Å². The van der Waals surface area contributed by atoms with Crippen LogP contribution in [0, 0.1) is 12.1 Å². The number of nitrogens with one attached hydrogen (secondary N) is 5. The lowest BCUT2D eigenvalue weighted by molar-refractivity contribution is -0.990. The van der Waals surface area contributed by atoms with Crippen molar-refractivity contribution < 1.29 is 34.1 Å². The van der Waals surface area contributed by atoms with Gasteiger partial charge in [0.1, 0.15) is 28.5 Å². The summed E-state index contributed by atoms with van der Waals surface area (Å²) in [5, 5.41) is 35.5. The van der Waals surface area contributed by atoms with Gasteiger partial charge in [-0.3, -0.25) is 14.4 Å². The van der Waals surface area contributed by atoms with Crippen LogP contribution in [0.2, 0.25) is 5.02 Å². The number of rotatable bonds is 11. The third-order valence-electron chi connectivity index (χ3n) is 6.23. The van der Waals surface area contributed by atoms with Crippen molar-refractivity contribution in [2.45, 2.75) is 13.8 Å². The molecule has 43 heavy (non-hydrogen) atoms. The second-order valence-electron chi connectivity index (χ2n) is 9.24. The molecule has 1 heterocycles. The van der Waals surface area contributed by atoms with Gasteiger partial charge in [-0.25, -0.2) is 5.21 Å². The first kappa shape index (κ1) is 31.0. The molecule has 3 aromatic carbocycles. The number of anilines is 3. The van der Waals surface area contributed by atoms with Gasteiger partial charge in [0.2, 0.25) is 5.91 Å². The fraction of sp³-hybridized carbons (Fsp3) is 0.172. The van der Waals surface area contributed by atoms with Gasteiger partial charge in [0.25, 0.3) is 11.8 Å². The first-order chi connectivity index (χ1) is 20.6. The number of halogens is 1. The second-order valence-corrected chi connectivity index (χ2v) is 9.65. The average molecular weight is 609 g/mol. The molecule has 0 aliphatic rings. The molecule has 1 unspecified atom stereocenters. The van der Waals surface area contributed by atoms with Crippen molar-refractivity contribution in [3.05, 3.63) is 87.8 Å². The minimum atomic E-state index is -1.29. The van der Waals surface area contributed by atoms with Gasteiger partial charge in [-0.05, 0) is 49.4 Å². The molecule has 4 aromatic rings. The van der Waals surface area contributed by atoms with Crippen molar-refractivity contribution in [1.82, 2.24) is 10.5 Å². The van der Waals surface area contributed by atoms with E-state index in [1.54, 1.807) is 43.3 Å². The lowest BCUT2D eigenvalue weighted by atomic mass is 10.0. The summed E-state index contributed by atoms with van der Waals surface area (Å²) in [4.78, 5) is 37.1. The lowest BCUT2D eigenvalue weighted by Crippen LogP contribution is -2.99. The smallest absolute Gasteiger partial charge is 0.257 e. The van der Waals surface area contributed by atoms with Crippen LogP contribution in [0.25, 0.3) is 11.3 Å². The molecule has 14 heteroatoms. The normalized spacial score (nSPS) is 11.4. The van der Waals surface area contributed by atoms with Gasteiger partial charge in [-0.1, -0.05) is 28.9 Å². The summed E-state index contributed by atoms with van der Waals surface area (Å²) < 4.78 is 10.7. The zero-order valence-electron chi connectivity index (χ0n) is 23.4. The first-order valence-electron chi connectivity index (χ1n) is 13.0. The van der Waals surface area contributed by atoms with Gasteiger partial charge in [0, 0.05) is 42.9 Å². The molecule has 4 rings (SSSR count). The largest absolute Gasteiger partial charge is 0.595 e. The fourth-order valence-electron chi connectivity index (χ4n) is 4.22. The Morgan fingerprint density at radius 2 is 1.74 bits per heavy atom. The van der Waals surface area contributed by atoms with Crippen LogP contribution < -0.4 is 31.2 Å². The molecule has 224 valence electrons. The van der Waals surface area contributed by atoms with E-state index in [1.165, 1.54) is 38.3 Å². The van der Waals surface area contributed by atoms with Crippen LogP contribution >= 0.6 is 11.6 Å². The summed E-state index contributed by atoms with van der Waals surface area (Å²) in [5.74, 6) is -0.353. The molecular formula is C29H29ClN6O7. The molecule has 0 saturated heterocycles. The maximum absolute atomic E-state index is 13.1. The van der Waals surface area contributed by atoms with E-state index < -0.39 is 17.0 Å². The number of aromatic nitrogens is 1. The van der Waals surface area contributed by atoms with Gasteiger partial charge in [0.05, 0.1) is 17.8 Å². The van der Waals surface area contributed by atoms with E-state index in [4.69, 9.17) is 20.9 Å². The van der Waals surface area contributed by atoms with E-state index in [2.05, 4.69) is 26.4 Å². The minimum Gasteiger partial charge on any atom is -0.595 e. The number of para-hydroxylation sites is 1. The minimum absolute atomic E-state index is 0.0147. The van der Waals surface area contributed by atoms with Gasteiger partial charge in [-0.2, -0.15) is 5.23 Å². The molecule has 0 saturated carbocycles. The van der Waals surface area contributed by atoms with Crippen molar-refractivity contribution >= 4 is 52.1 Å². The number of ether oxygens (including phenoxy) is 1. The van der Waals surface area contributed by atoms with Crippen LogP contribution in [0.1, 0.15) is 33.4 Å². The van der Waals surface area contributed by atoms with Crippen LogP contribution in [0.15, 0.2) is 65.2 Å². The zero-order valence-corrected chi connectivity index (χ0v) is 24.2. The van der Waals surface area contributed by atoms with Crippen LogP contribution in [0.3, 0.4) is 0 Å². The quantitative estimate of drug-likeness (QED) is 0.109. The molecule has 6 N–H and O–H groups in total. The number of benzene rings is 3. The van der Waals surface area contributed by atoms with Crippen LogP contribution in [-0.4, -0.2) is 48.3 Å². The molecule has 0 bridgehead atoms. The SMILES string of the molecule is COc1ccccc1-c1noc(C)c1C(=O)NCCNc1cc(NC(=O)c2ccc(NC(C)=O)cc2)c([NH+]([O-])O)cc1Cl. The Hall–Kier alpha value is -4.95. The number of nitrogens with zero attached hydrogens (tertiary/aromatic N) is 1. The Bertz CT molecular complexity index is 1640. The van der Waals surface area contributed by atoms with Crippen molar-refractivity contribution in [2.24, 2.45) is 0 Å². The number of aryl methyl sites for hydroxylation is 1. The number of carbonyl (C=O) groups excluding carboxylic acids is 3. The van der Waals surface area contributed by atoms with E-state index in [0.29, 0.717) is 34.1 Å². The lowest BCUT2D eigenvalue weighted by Gasteiger charge is -2.19. The predicted molar refractivity (Wildman–Crippen MR) is 160 cm³/mol. The standard InChI is InChI=1S/C29H29ClN6O7/c1-16-26(27(35-43-16)20-6-4-5-7-25(20)42-3)29(39)32-13-12-31-22-15-23(24(36(40)41)14-21(22)30)34-28(38)18-8-10-19(11-9-18)33-17(2)37/h4-11,14-15,31,36,40H,12-13H2,1-3H3,(H,32,39)(H,33,37)(H,34,38). The van der Waals surface area contributed by atoms with E-state index in [9.17, 15) is 24.8 Å². The molecule has 0 fully saturated rings. The summed E-state index contributed by atoms with van der Waals surface area (Å²) in [6.45, 7) is 3.37. The summed E-state index contributed by atoms with van der Waals surface area (Å²) >= 11 is 6.33. The maximum Gasteiger partial charge on any atom is 0.257 e. The Balaban J connectivity index is 1.43. The molecule has 0 spiro atoms. The molecular weight excluding hydrogens is 580 g/mol. The maximum atomic E-state index is 13.1. The molecule has 3 amide bonds. The summed E-state index contributed by atoms with van der Waals surface area (Å²) in [5.41, 5.74) is 2.12. The fourth-order valence-corrected chi connectivity index (χ4v) is 4.45. The van der Waals surface area contributed by atoms with Gasteiger partial charge in [-0.15, -0.1) is 0 Å². The highest BCUT2D eigenvalue weighted by atomic mass is 35.5. The molecule has 1 aromatic heterocycles. The molecule has 0 aliphatic heterocycles. The number of carbonyl (C=O) groups is 3. The van der Waals surface area contributed by atoms with Crippen LogP contribution in [-0.2, 0) is 4.79 Å². The molecule has 1 atom stereocenters. The predicted octanol–water partition coefficient (Wildman–Crippen LogP) is 3.77.